The van der Waals surface area contributed by atoms with Gasteiger partial charge in [0.25, 0.3) is 0 Å². The fraction of sp³-hybridized carbons (Fsp3) is 0.932. The van der Waals surface area contributed by atoms with Gasteiger partial charge in [-0.1, -0.05) is 27.7 Å². The second-order valence-corrected chi connectivity index (χ2v) is 27.5. The van der Waals surface area contributed by atoms with Crippen molar-refractivity contribution in [2.45, 2.75) is 291 Å². The van der Waals surface area contributed by atoms with Crippen molar-refractivity contribution in [1.82, 2.24) is 21.3 Å². The Bertz CT molecular complexity index is 2320. The largest absolute Gasteiger partial charge is 0.479 e. The van der Waals surface area contributed by atoms with Crippen molar-refractivity contribution in [3.63, 3.8) is 0 Å². The van der Waals surface area contributed by atoms with Gasteiger partial charge in [0.05, 0.1) is 68.9 Å². The Morgan fingerprint density at radius 3 is 1.28 bits per heavy atom. The first-order chi connectivity index (χ1) is 42.9. The first kappa shape index (κ1) is 82.1. The number of carbonyl (C=O) groups excluding carboxylic acids is 3. The van der Waals surface area contributed by atoms with Crippen molar-refractivity contribution in [3.05, 3.63) is 0 Å². The molecule has 544 valence electrons. The lowest BCUT2D eigenvalue weighted by atomic mass is 9.74. The van der Waals surface area contributed by atoms with Gasteiger partial charge in [0.1, 0.15) is 95.7 Å². The van der Waals surface area contributed by atoms with Crippen LogP contribution in [0.5, 0.6) is 0 Å². The van der Waals surface area contributed by atoms with E-state index in [1.165, 1.54) is 13.8 Å². The Morgan fingerprint density at radius 1 is 0.538 bits per heavy atom. The summed E-state index contributed by atoms with van der Waals surface area (Å²) in [7, 11) is 3.15. The zero-order chi connectivity index (χ0) is 70.7. The third-order valence-electron chi connectivity index (χ3n) is 17.1. The van der Waals surface area contributed by atoms with Gasteiger partial charge in [0.15, 0.2) is 37.0 Å². The molecule has 6 fully saturated rings. The molecule has 0 aromatic heterocycles. The highest BCUT2D eigenvalue weighted by Crippen LogP contribution is 2.41. The Morgan fingerprint density at radius 2 is 0.903 bits per heavy atom. The molecule has 2 saturated carbocycles. The van der Waals surface area contributed by atoms with E-state index in [0.29, 0.717) is 19.3 Å². The van der Waals surface area contributed by atoms with Crippen molar-refractivity contribution < 1.29 is 143 Å². The number of carboxylic acids is 1. The number of carbonyl (C=O) groups is 4. The van der Waals surface area contributed by atoms with Gasteiger partial charge in [-0.2, -0.15) is 0 Å². The molecule has 34 heteroatoms. The highest BCUT2D eigenvalue weighted by molar-refractivity contribution is 5.84. The SMILES string of the molecule is CC(C)(C)OC(=O)NC[C@H](O)C(=O)O.CC[C@H]1O[C@H](OC2[C@@H](C)C[C@@H](CC(=O)[C@@H](O)CNC(=O)OC(C)(C)C)[C@H](O[C@H]3OC[C@](C)(O)[C@H](NC)[C@H]3O)[C@H]2O)[C@H](O)[C@@H](O)[C@@H]1O.CC[C@H]1O[C@H](OC2[C@@H](C)C[C@@H](N)[C@H](O[C@H]3OC[C@](C)(O)[C@H](NC)[C@H]3O)[C@H]2O)[C@H](O)[C@@H](O)[C@@H]1O. The van der Waals surface area contributed by atoms with Crippen molar-refractivity contribution >= 4 is 23.9 Å². The first-order valence-electron chi connectivity index (χ1n) is 31.5. The lowest BCUT2D eigenvalue weighted by Crippen LogP contribution is -2.67. The molecule has 34 nitrogen and oxygen atoms in total. The summed E-state index contributed by atoms with van der Waals surface area (Å²) in [5.41, 5.74) is 2.06. The highest BCUT2D eigenvalue weighted by Gasteiger charge is 2.55. The molecule has 93 heavy (non-hydrogen) atoms. The number of ether oxygens (including phenoxy) is 10. The molecule has 21 N–H and O–H groups in total. The predicted molar refractivity (Wildman–Crippen MR) is 321 cm³/mol. The van der Waals surface area contributed by atoms with E-state index in [0.717, 1.165) is 0 Å². The van der Waals surface area contributed by atoms with Gasteiger partial charge in [-0.3, -0.25) is 4.79 Å². The van der Waals surface area contributed by atoms with Gasteiger partial charge in [-0.25, -0.2) is 14.4 Å². The van der Waals surface area contributed by atoms with Crippen LogP contribution in [0, 0.1) is 17.8 Å². The molecule has 2 unspecified atom stereocenters. The maximum absolute atomic E-state index is 13.1. The fourth-order valence-electron chi connectivity index (χ4n) is 12.1. The van der Waals surface area contributed by atoms with E-state index >= 15 is 0 Å². The minimum Gasteiger partial charge on any atom is -0.479 e. The van der Waals surface area contributed by atoms with Gasteiger partial charge in [-0.05, 0) is 113 Å². The Kier molecular flexibility index (Phi) is 30.8. The lowest BCUT2D eigenvalue weighted by Gasteiger charge is -2.49. The summed E-state index contributed by atoms with van der Waals surface area (Å²) in [6.07, 6.45) is -28.9. The summed E-state index contributed by atoms with van der Waals surface area (Å²) in [5.74, 6) is -3.51. The van der Waals surface area contributed by atoms with Crippen LogP contribution in [0.25, 0.3) is 0 Å². The van der Waals surface area contributed by atoms with E-state index in [1.54, 1.807) is 76.4 Å². The van der Waals surface area contributed by atoms with Crippen LogP contribution in [0.4, 0.5) is 9.59 Å². The molecule has 6 aliphatic rings. The normalized spacial score (nSPS) is 42.2. The number of Topliss-reactive ketones (excluding diaryl/α,β-unsaturated/α-hetero) is 1. The maximum atomic E-state index is 13.1. The summed E-state index contributed by atoms with van der Waals surface area (Å²) < 4.78 is 56.4. The van der Waals surface area contributed by atoms with E-state index in [1.807, 2.05) is 6.92 Å². The molecule has 0 radical (unpaired) electrons. The highest BCUT2D eigenvalue weighted by atomic mass is 16.7. The number of alkyl carbamates (subject to hydrolysis) is 2. The second kappa shape index (κ2) is 34.9. The van der Waals surface area contributed by atoms with Crippen molar-refractivity contribution in [2.75, 3.05) is 40.4 Å². The quantitative estimate of drug-likeness (QED) is 0.0541. The first-order valence-corrected chi connectivity index (χ1v) is 31.5. The zero-order valence-electron chi connectivity index (χ0n) is 55.5. The molecule has 4 heterocycles. The zero-order valence-corrected chi connectivity index (χ0v) is 55.5. The van der Waals surface area contributed by atoms with Gasteiger partial charge >= 0.3 is 18.2 Å². The summed E-state index contributed by atoms with van der Waals surface area (Å²) in [6.45, 7) is 19.0. The van der Waals surface area contributed by atoms with E-state index in [2.05, 4.69) is 21.3 Å². The van der Waals surface area contributed by atoms with E-state index < -0.39 is 218 Å². The second-order valence-electron chi connectivity index (χ2n) is 27.5. The summed E-state index contributed by atoms with van der Waals surface area (Å²) in [5, 5.41) is 165. The number of hydrogen-bond acceptors (Lipinski definition) is 31. The van der Waals surface area contributed by atoms with Crippen LogP contribution in [-0.4, -0.2) is 316 Å². The summed E-state index contributed by atoms with van der Waals surface area (Å²) >= 11 is 0. The average molecular weight is 1350 g/mol. The van der Waals surface area contributed by atoms with Crippen LogP contribution in [0.3, 0.4) is 0 Å². The molecule has 30 atom stereocenters. The molecule has 4 saturated heterocycles. The Labute approximate surface area is 541 Å². The molecular weight excluding hydrogens is 1240 g/mol. The van der Waals surface area contributed by atoms with Crippen LogP contribution in [0.1, 0.15) is 115 Å². The van der Waals surface area contributed by atoms with Gasteiger partial charge in [-0.15, -0.1) is 0 Å². The Hall–Kier alpha value is -3.32. The molecule has 0 spiro atoms. The standard InChI is InChI=1S/C30H54N2O14.C21H40N2O10.C8H15NO5/c1-8-17-18(35)19(36)20(37)27(43-17)44-23-13(2)9-14(10-15(33)16(34)11-32-28(40)46-29(3,4)5)24(21(23)38)45-26-22(39)25(31-7)30(6,41)12-42-26;1-5-10-11(24)12(25)13(26)20(31-10)32-16-8(2)6-9(22)17(14(16)27)33-19-15(28)18(23-4)21(3,29)7-30-19;1-8(2,3)14-7(13)9-4-5(10)6(11)12/h13-14,16-27,31,34-39,41H,8-12H2,1-7H3,(H,32,40);8-20,23-29H,5-7,22H2,1-4H3;5,10H,4H2,1-3H3,(H,9,13)(H,11,12)/t13-,14-,16-,17+,18+,19-,20+,21-,22+,23?,24-,25+,26+,27+,30-;8-,9+,10+,11+,12-,13+,14-,15+,16?,17-,18+,19+,20+,21-;5-/m000/s1. The third kappa shape index (κ3) is 22.3. The molecule has 6 rings (SSSR count). The Balaban J connectivity index is 0.000000340. The van der Waals surface area contributed by atoms with Crippen molar-refractivity contribution in [2.24, 2.45) is 23.5 Å². The number of nitrogens with two attached hydrogens (primary N) is 1. The number of aliphatic carboxylic acids is 1. The third-order valence-corrected chi connectivity index (χ3v) is 17.1. The summed E-state index contributed by atoms with van der Waals surface area (Å²) in [4.78, 5) is 46.3. The minimum absolute atomic E-state index is 0.102. The fourth-order valence-corrected chi connectivity index (χ4v) is 12.1. The van der Waals surface area contributed by atoms with Crippen LogP contribution >= 0.6 is 0 Å². The predicted octanol–water partition coefficient (Wildman–Crippen LogP) is -5.39. The lowest BCUT2D eigenvalue weighted by molar-refractivity contribution is -0.337. The molecule has 0 bridgehead atoms. The molecule has 0 aromatic carbocycles. The van der Waals surface area contributed by atoms with E-state index in [9.17, 15) is 85.6 Å². The minimum atomic E-state index is -1.63. The van der Waals surface area contributed by atoms with Crippen LogP contribution in [0.2, 0.25) is 0 Å². The molecule has 2 aliphatic carbocycles. The number of aliphatic hydroxyl groups is 14. The maximum Gasteiger partial charge on any atom is 0.407 e. The topological polar surface area (TPSA) is 538 Å². The number of rotatable bonds is 20. The number of ketones is 1. The molecule has 0 aromatic rings. The monoisotopic (exact) mass is 1350 g/mol. The van der Waals surface area contributed by atoms with Crippen LogP contribution in [0.15, 0.2) is 0 Å². The molecule has 4 aliphatic heterocycles. The van der Waals surface area contributed by atoms with Gasteiger partial charge in [0.2, 0.25) is 0 Å². The van der Waals surface area contributed by atoms with Crippen molar-refractivity contribution in [1.29, 1.82) is 0 Å². The van der Waals surface area contributed by atoms with E-state index in [-0.39, 0.29) is 38.5 Å². The average Bonchev–Trinajstić information content (AvgIpc) is 0.793. The number of carboxylic acid groups (broad SMARTS) is 1. The summed E-state index contributed by atoms with van der Waals surface area (Å²) in [6, 6.07) is -2.21. The van der Waals surface area contributed by atoms with E-state index in [4.69, 9.17) is 63.3 Å². The number of amides is 2. The number of hydrogen-bond donors (Lipinski definition) is 20. The van der Waals surface area contributed by atoms with Crippen molar-refractivity contribution in [3.8, 4) is 0 Å². The van der Waals surface area contributed by atoms with Crippen LogP contribution in [-0.2, 0) is 57.0 Å². The van der Waals surface area contributed by atoms with Crippen LogP contribution < -0.4 is 27.0 Å². The number of likely N-dealkylation sites (N-methyl/N-ethyl adjacent to an activating group) is 2. The molecule has 2 amide bonds. The molecular formula is C59H109N5O29. The number of nitrogens with one attached hydrogen (secondary N) is 4. The van der Waals surface area contributed by atoms with Gasteiger partial charge in [0, 0.05) is 12.5 Å². The smallest absolute Gasteiger partial charge is 0.407 e. The van der Waals surface area contributed by atoms with Gasteiger partial charge < -0.3 is 151 Å². The number of aliphatic hydroxyl groups excluding tert-OH is 12.